The summed E-state index contributed by atoms with van der Waals surface area (Å²) in [5, 5.41) is 0. The van der Waals surface area contributed by atoms with Crippen LogP contribution in [0.1, 0.15) is 85.0 Å². The Morgan fingerprint density at radius 3 is 2.36 bits per heavy atom. The third kappa shape index (κ3) is 1.94. The second-order valence-corrected chi connectivity index (χ2v) is 9.92. The van der Waals surface area contributed by atoms with Gasteiger partial charge >= 0.3 is 0 Å². The fraction of sp³-hybridized carbons (Fsp3) is 0.909. The highest BCUT2D eigenvalue weighted by atomic mass is 14.6. The van der Waals surface area contributed by atoms with Crippen molar-refractivity contribution in [3.63, 3.8) is 0 Å². The van der Waals surface area contributed by atoms with Crippen LogP contribution in [0.3, 0.4) is 0 Å². The molecule has 0 aromatic heterocycles. The summed E-state index contributed by atoms with van der Waals surface area (Å²) in [5.41, 5.74) is 2.76. The van der Waals surface area contributed by atoms with E-state index in [4.69, 9.17) is 0 Å². The van der Waals surface area contributed by atoms with E-state index in [-0.39, 0.29) is 0 Å². The Morgan fingerprint density at radius 1 is 0.818 bits per heavy atom. The first kappa shape index (κ1) is 15.3. The zero-order valence-electron chi connectivity index (χ0n) is 15.2. The molecule has 0 nitrogen and oxygen atoms in total. The van der Waals surface area contributed by atoms with Crippen molar-refractivity contribution in [2.24, 2.45) is 40.4 Å². The average molecular weight is 301 g/mol. The van der Waals surface area contributed by atoms with Gasteiger partial charge in [0.25, 0.3) is 0 Å². The van der Waals surface area contributed by atoms with Crippen LogP contribution in [0.2, 0.25) is 0 Å². The molecule has 0 aromatic carbocycles. The minimum absolute atomic E-state index is 0.588. The fourth-order valence-corrected chi connectivity index (χ4v) is 8.10. The van der Waals surface area contributed by atoms with Crippen LogP contribution < -0.4 is 0 Å². The van der Waals surface area contributed by atoms with Crippen LogP contribution in [0, 0.1) is 40.4 Å². The van der Waals surface area contributed by atoms with Crippen molar-refractivity contribution in [1.82, 2.24) is 0 Å². The lowest BCUT2D eigenvalue weighted by molar-refractivity contribution is -0.108. The smallest absolute Gasteiger partial charge is 0.0152 e. The molecule has 4 fully saturated rings. The molecule has 4 aliphatic rings. The minimum Gasteiger partial charge on any atom is -0.0998 e. The lowest BCUT2D eigenvalue weighted by atomic mass is 9.45. The van der Waals surface area contributed by atoms with Gasteiger partial charge < -0.3 is 0 Å². The predicted molar refractivity (Wildman–Crippen MR) is 94.6 cm³/mol. The Hall–Kier alpha value is -0.260. The predicted octanol–water partition coefficient (Wildman–Crippen LogP) is 6.61. The second-order valence-electron chi connectivity index (χ2n) is 9.92. The van der Waals surface area contributed by atoms with E-state index in [1.165, 1.54) is 56.9 Å². The molecular weight excluding hydrogens is 264 g/mol. The molecule has 4 aliphatic carbocycles. The van der Waals surface area contributed by atoms with Crippen LogP contribution >= 0.6 is 0 Å². The number of rotatable bonds is 1. The molecule has 1 unspecified atom stereocenters. The zero-order valence-corrected chi connectivity index (χ0v) is 15.2. The van der Waals surface area contributed by atoms with Gasteiger partial charge in [-0.1, -0.05) is 38.8 Å². The summed E-state index contributed by atoms with van der Waals surface area (Å²) in [4.78, 5) is 0. The second kappa shape index (κ2) is 5.12. The molecular formula is C22H36. The highest BCUT2D eigenvalue weighted by molar-refractivity contribution is 5.14. The SMILES string of the molecule is C=C(C)[C@H]1CC[C@H]2[C@@H]3CCC4CCCC[C@@]4(C)[C@@H]3CC[C@]12C. The van der Waals surface area contributed by atoms with Crippen molar-refractivity contribution in [3.8, 4) is 0 Å². The molecule has 0 radical (unpaired) electrons. The van der Waals surface area contributed by atoms with Gasteiger partial charge in [-0.15, -0.1) is 0 Å². The van der Waals surface area contributed by atoms with Gasteiger partial charge in [0.2, 0.25) is 0 Å². The van der Waals surface area contributed by atoms with E-state index in [0.29, 0.717) is 10.8 Å². The van der Waals surface area contributed by atoms with Gasteiger partial charge in [-0.25, -0.2) is 0 Å². The van der Waals surface area contributed by atoms with Crippen molar-refractivity contribution in [2.75, 3.05) is 0 Å². The maximum Gasteiger partial charge on any atom is -0.0152 e. The summed E-state index contributed by atoms with van der Waals surface area (Å²) >= 11 is 0. The van der Waals surface area contributed by atoms with E-state index >= 15 is 0 Å². The lowest BCUT2D eigenvalue weighted by Crippen LogP contribution is -2.52. The Bertz CT molecular complexity index is 463. The van der Waals surface area contributed by atoms with E-state index in [9.17, 15) is 0 Å². The van der Waals surface area contributed by atoms with Crippen molar-refractivity contribution in [2.45, 2.75) is 85.0 Å². The largest absolute Gasteiger partial charge is 0.0998 e. The van der Waals surface area contributed by atoms with Gasteiger partial charge in [0.15, 0.2) is 0 Å². The molecule has 0 bridgehead atoms. The van der Waals surface area contributed by atoms with Gasteiger partial charge in [-0.2, -0.15) is 0 Å². The van der Waals surface area contributed by atoms with Gasteiger partial charge in [0.1, 0.15) is 0 Å². The van der Waals surface area contributed by atoms with Crippen LogP contribution in [0.4, 0.5) is 0 Å². The Morgan fingerprint density at radius 2 is 1.59 bits per heavy atom. The lowest BCUT2D eigenvalue weighted by Gasteiger charge is -2.60. The summed E-state index contributed by atoms with van der Waals surface area (Å²) in [5.74, 6) is 4.98. The Balaban J connectivity index is 1.63. The molecule has 0 heteroatoms. The average Bonchev–Trinajstić information content (AvgIpc) is 2.84. The van der Waals surface area contributed by atoms with E-state index in [0.717, 1.165) is 29.6 Å². The zero-order chi connectivity index (χ0) is 15.5. The van der Waals surface area contributed by atoms with Gasteiger partial charge in [0.05, 0.1) is 0 Å². The Kier molecular flexibility index (Phi) is 3.55. The van der Waals surface area contributed by atoms with Crippen LogP contribution in [0.15, 0.2) is 12.2 Å². The third-order valence-corrected chi connectivity index (χ3v) is 9.18. The molecule has 0 aliphatic heterocycles. The molecule has 124 valence electrons. The van der Waals surface area contributed by atoms with E-state index in [1.807, 2.05) is 0 Å². The fourth-order valence-electron chi connectivity index (χ4n) is 8.10. The Labute approximate surface area is 138 Å². The maximum absolute atomic E-state index is 4.36. The minimum atomic E-state index is 0.588. The van der Waals surface area contributed by atoms with E-state index < -0.39 is 0 Å². The molecule has 0 saturated heterocycles. The van der Waals surface area contributed by atoms with Crippen LogP contribution in [-0.2, 0) is 0 Å². The molecule has 7 atom stereocenters. The first-order valence-electron chi connectivity index (χ1n) is 10.1. The van der Waals surface area contributed by atoms with Gasteiger partial charge in [0, 0.05) is 0 Å². The summed E-state index contributed by atoms with van der Waals surface area (Å²) in [6.07, 6.45) is 15.1. The molecule has 0 aromatic rings. The van der Waals surface area contributed by atoms with Crippen molar-refractivity contribution >= 4 is 0 Å². The van der Waals surface area contributed by atoms with Crippen LogP contribution in [0.5, 0.6) is 0 Å². The first-order chi connectivity index (χ1) is 10.5. The van der Waals surface area contributed by atoms with Gasteiger partial charge in [-0.3, -0.25) is 0 Å². The molecule has 0 N–H and O–H groups in total. The standard InChI is InChI=1S/C22H36/c1-15(2)18-10-11-19-17-9-8-16-7-5-6-13-21(16,3)20(17)12-14-22(18,19)4/h16-20H,1,5-14H2,2-4H3/t16?,17-,18+,19-,20+,21+,22+/m0/s1. The molecule has 0 amide bonds. The summed E-state index contributed by atoms with van der Waals surface area (Å²) < 4.78 is 0. The molecule has 0 spiro atoms. The van der Waals surface area contributed by atoms with Crippen molar-refractivity contribution in [3.05, 3.63) is 12.2 Å². The monoisotopic (exact) mass is 300 g/mol. The highest BCUT2D eigenvalue weighted by Crippen LogP contribution is 2.68. The normalized spacial score (nSPS) is 54.2. The molecule has 4 saturated carbocycles. The summed E-state index contributed by atoms with van der Waals surface area (Å²) in [7, 11) is 0. The van der Waals surface area contributed by atoms with Crippen molar-refractivity contribution in [1.29, 1.82) is 0 Å². The molecule has 4 rings (SSSR count). The number of hydrogen-bond acceptors (Lipinski definition) is 0. The molecule has 0 heterocycles. The quantitative estimate of drug-likeness (QED) is 0.478. The number of fused-ring (bicyclic) bond motifs is 5. The summed E-state index contributed by atoms with van der Waals surface area (Å²) in [6.45, 7) is 12.0. The van der Waals surface area contributed by atoms with Gasteiger partial charge in [-0.05, 0) is 98.7 Å². The maximum atomic E-state index is 4.36. The van der Waals surface area contributed by atoms with Crippen molar-refractivity contribution < 1.29 is 0 Å². The number of allylic oxidation sites excluding steroid dienone is 1. The van der Waals surface area contributed by atoms with E-state index in [1.54, 1.807) is 12.8 Å². The molecule has 22 heavy (non-hydrogen) atoms. The van der Waals surface area contributed by atoms with Crippen LogP contribution in [0.25, 0.3) is 0 Å². The highest BCUT2D eigenvalue weighted by Gasteiger charge is 2.59. The number of hydrogen-bond donors (Lipinski definition) is 0. The summed E-state index contributed by atoms with van der Waals surface area (Å²) in [6, 6.07) is 0. The van der Waals surface area contributed by atoms with Crippen LogP contribution in [-0.4, -0.2) is 0 Å². The topological polar surface area (TPSA) is 0 Å². The third-order valence-electron chi connectivity index (χ3n) is 9.18. The first-order valence-corrected chi connectivity index (χ1v) is 10.1. The van der Waals surface area contributed by atoms with E-state index in [2.05, 4.69) is 27.4 Å².